The molecule has 0 spiro atoms. The van der Waals surface area contributed by atoms with Crippen molar-refractivity contribution in [1.82, 2.24) is 24.4 Å². The van der Waals surface area contributed by atoms with Crippen LogP contribution in [0.2, 0.25) is 0 Å². The molecular weight excluding hydrogens is 290 g/mol. The minimum Gasteiger partial charge on any atom is -0.383 e. The number of hydrogen-bond donors (Lipinski definition) is 0. The van der Waals surface area contributed by atoms with Crippen LogP contribution in [-0.4, -0.2) is 71.8 Å². The summed E-state index contributed by atoms with van der Waals surface area (Å²) in [5.74, 6) is 0.561. The average molecular weight is 317 g/mol. The van der Waals surface area contributed by atoms with Gasteiger partial charge in [-0.3, -0.25) is 0 Å². The van der Waals surface area contributed by atoms with Crippen LogP contribution in [0.5, 0.6) is 0 Å². The Hall–Kier alpha value is -1.50. The summed E-state index contributed by atoms with van der Waals surface area (Å²) in [5, 5.41) is 4.61. The molecule has 3 heterocycles. The number of nitrogens with zero attached hydrogens (tertiary/aromatic N) is 5. The first-order chi connectivity index (χ1) is 11.2. The highest BCUT2D eigenvalue weighted by Crippen LogP contribution is 2.28. The molecule has 0 radical (unpaired) electrons. The van der Waals surface area contributed by atoms with Gasteiger partial charge in [-0.15, -0.1) is 0 Å². The zero-order valence-corrected chi connectivity index (χ0v) is 14.4. The Balaban J connectivity index is 1.75. The second-order valence-electron chi connectivity index (χ2n) is 6.62. The molecule has 1 aliphatic heterocycles. The monoisotopic (exact) mass is 317 g/mol. The summed E-state index contributed by atoms with van der Waals surface area (Å²) in [6.07, 6.45) is 6.24. The molecular formula is C17H27N5O. The van der Waals surface area contributed by atoms with Gasteiger partial charge >= 0.3 is 0 Å². The van der Waals surface area contributed by atoms with Crippen LogP contribution >= 0.6 is 0 Å². The standard InChI is InChI=1S/C17H27N5O/c1-20(2)13-15-12-19-22-16(4-7-18-17(15)22)14-5-8-21(9-6-14)10-11-23-3/h4,7,12,14H,5-6,8-11,13H2,1-3H3. The Kier molecular flexibility index (Phi) is 5.25. The lowest BCUT2D eigenvalue weighted by molar-refractivity contribution is 0.129. The third-order valence-corrected chi connectivity index (χ3v) is 4.61. The fourth-order valence-corrected chi connectivity index (χ4v) is 3.39. The second-order valence-corrected chi connectivity index (χ2v) is 6.62. The van der Waals surface area contributed by atoms with Crippen molar-refractivity contribution in [1.29, 1.82) is 0 Å². The summed E-state index contributed by atoms with van der Waals surface area (Å²) in [4.78, 5) is 9.19. The lowest BCUT2D eigenvalue weighted by atomic mass is 9.93. The number of fused-ring (bicyclic) bond motifs is 1. The minimum atomic E-state index is 0.561. The molecule has 0 aliphatic carbocycles. The van der Waals surface area contributed by atoms with E-state index in [4.69, 9.17) is 4.74 Å². The van der Waals surface area contributed by atoms with Gasteiger partial charge in [-0.2, -0.15) is 5.10 Å². The third-order valence-electron chi connectivity index (χ3n) is 4.61. The molecule has 126 valence electrons. The molecule has 3 rings (SSSR count). The van der Waals surface area contributed by atoms with E-state index in [0.29, 0.717) is 5.92 Å². The Labute approximate surface area is 138 Å². The predicted molar refractivity (Wildman–Crippen MR) is 90.7 cm³/mol. The van der Waals surface area contributed by atoms with E-state index in [2.05, 4.69) is 40.0 Å². The lowest BCUT2D eigenvalue weighted by Gasteiger charge is -2.31. The lowest BCUT2D eigenvalue weighted by Crippen LogP contribution is -2.35. The van der Waals surface area contributed by atoms with Crippen molar-refractivity contribution in [2.24, 2.45) is 0 Å². The van der Waals surface area contributed by atoms with Crippen molar-refractivity contribution >= 4 is 5.65 Å². The van der Waals surface area contributed by atoms with E-state index >= 15 is 0 Å². The number of hydrogen-bond acceptors (Lipinski definition) is 5. The number of ether oxygens (including phenoxy) is 1. The maximum atomic E-state index is 5.18. The van der Waals surface area contributed by atoms with Crippen LogP contribution in [0.15, 0.2) is 18.5 Å². The van der Waals surface area contributed by atoms with E-state index in [0.717, 1.165) is 38.4 Å². The molecule has 0 amide bonds. The van der Waals surface area contributed by atoms with Crippen LogP contribution < -0.4 is 0 Å². The summed E-state index contributed by atoms with van der Waals surface area (Å²) in [6, 6.07) is 2.13. The van der Waals surface area contributed by atoms with Crippen molar-refractivity contribution in [3.8, 4) is 0 Å². The van der Waals surface area contributed by atoms with Crippen LogP contribution in [-0.2, 0) is 11.3 Å². The van der Waals surface area contributed by atoms with Gasteiger partial charge in [0.25, 0.3) is 0 Å². The fraction of sp³-hybridized carbons (Fsp3) is 0.647. The molecule has 0 unspecified atom stereocenters. The quantitative estimate of drug-likeness (QED) is 0.810. The van der Waals surface area contributed by atoms with Crippen molar-refractivity contribution < 1.29 is 4.74 Å². The van der Waals surface area contributed by atoms with Gasteiger partial charge in [-0.25, -0.2) is 9.50 Å². The topological polar surface area (TPSA) is 45.9 Å². The van der Waals surface area contributed by atoms with Gasteiger partial charge in [0.15, 0.2) is 5.65 Å². The molecule has 0 N–H and O–H groups in total. The number of methoxy groups -OCH3 is 1. The maximum absolute atomic E-state index is 5.18. The normalized spacial score (nSPS) is 17.4. The smallest absolute Gasteiger partial charge is 0.159 e. The molecule has 23 heavy (non-hydrogen) atoms. The zero-order chi connectivity index (χ0) is 16.2. The summed E-state index contributed by atoms with van der Waals surface area (Å²) in [7, 11) is 5.91. The van der Waals surface area contributed by atoms with Crippen LogP contribution in [0, 0.1) is 0 Å². The molecule has 0 atom stereocenters. The molecule has 1 fully saturated rings. The third kappa shape index (κ3) is 3.71. The van der Waals surface area contributed by atoms with Crippen molar-refractivity contribution in [2.75, 3.05) is 47.4 Å². The molecule has 2 aromatic heterocycles. The van der Waals surface area contributed by atoms with Crippen LogP contribution in [0.1, 0.15) is 30.0 Å². The van der Waals surface area contributed by atoms with E-state index in [1.807, 2.05) is 16.9 Å². The number of likely N-dealkylation sites (tertiary alicyclic amines) is 1. The fourth-order valence-electron chi connectivity index (χ4n) is 3.39. The molecule has 1 saturated heterocycles. The van der Waals surface area contributed by atoms with E-state index in [9.17, 15) is 0 Å². The van der Waals surface area contributed by atoms with Crippen LogP contribution in [0.4, 0.5) is 0 Å². The molecule has 2 aromatic rings. The second kappa shape index (κ2) is 7.38. The highest BCUT2D eigenvalue weighted by atomic mass is 16.5. The average Bonchev–Trinajstić information content (AvgIpc) is 2.96. The summed E-state index contributed by atoms with van der Waals surface area (Å²) >= 11 is 0. The Morgan fingerprint density at radius 2 is 2.09 bits per heavy atom. The number of aromatic nitrogens is 3. The van der Waals surface area contributed by atoms with Gasteiger partial charge in [0.1, 0.15) is 0 Å². The Bertz CT molecular complexity index is 631. The van der Waals surface area contributed by atoms with Crippen molar-refractivity contribution in [2.45, 2.75) is 25.3 Å². The SMILES string of the molecule is COCCN1CCC(c2ccnc3c(CN(C)C)cnn23)CC1. The molecule has 0 bridgehead atoms. The Morgan fingerprint density at radius 3 is 2.78 bits per heavy atom. The van der Waals surface area contributed by atoms with Gasteiger partial charge in [0, 0.05) is 43.6 Å². The van der Waals surface area contributed by atoms with E-state index in [1.165, 1.54) is 24.1 Å². The number of piperidine rings is 1. The van der Waals surface area contributed by atoms with Gasteiger partial charge in [-0.05, 0) is 46.1 Å². The van der Waals surface area contributed by atoms with E-state index < -0.39 is 0 Å². The summed E-state index contributed by atoms with van der Waals surface area (Å²) < 4.78 is 7.23. The first-order valence-corrected chi connectivity index (χ1v) is 8.36. The largest absolute Gasteiger partial charge is 0.383 e. The molecule has 0 saturated carbocycles. The van der Waals surface area contributed by atoms with Crippen LogP contribution in [0.25, 0.3) is 5.65 Å². The van der Waals surface area contributed by atoms with Crippen molar-refractivity contribution in [3.05, 3.63) is 29.7 Å². The van der Waals surface area contributed by atoms with Gasteiger partial charge in [0.05, 0.1) is 12.8 Å². The molecule has 6 nitrogen and oxygen atoms in total. The summed E-state index contributed by atoms with van der Waals surface area (Å²) in [6.45, 7) is 4.98. The van der Waals surface area contributed by atoms with Crippen molar-refractivity contribution in [3.63, 3.8) is 0 Å². The van der Waals surface area contributed by atoms with E-state index in [-0.39, 0.29) is 0 Å². The number of rotatable bonds is 6. The molecule has 0 aromatic carbocycles. The Morgan fingerprint density at radius 1 is 1.30 bits per heavy atom. The zero-order valence-electron chi connectivity index (χ0n) is 14.4. The minimum absolute atomic E-state index is 0.561. The first kappa shape index (κ1) is 16.4. The predicted octanol–water partition coefficient (Wildman–Crippen LogP) is 1.62. The van der Waals surface area contributed by atoms with E-state index in [1.54, 1.807) is 7.11 Å². The van der Waals surface area contributed by atoms with Gasteiger partial charge in [0.2, 0.25) is 0 Å². The summed E-state index contributed by atoms with van der Waals surface area (Å²) in [5.41, 5.74) is 3.48. The molecule has 6 heteroatoms. The maximum Gasteiger partial charge on any atom is 0.159 e. The highest BCUT2D eigenvalue weighted by molar-refractivity contribution is 5.47. The highest BCUT2D eigenvalue weighted by Gasteiger charge is 2.23. The first-order valence-electron chi connectivity index (χ1n) is 8.36. The van der Waals surface area contributed by atoms with Gasteiger partial charge < -0.3 is 14.5 Å². The molecule has 1 aliphatic rings. The van der Waals surface area contributed by atoms with Crippen LogP contribution in [0.3, 0.4) is 0 Å². The van der Waals surface area contributed by atoms with Gasteiger partial charge in [-0.1, -0.05) is 0 Å².